The summed E-state index contributed by atoms with van der Waals surface area (Å²) in [6.45, 7) is 3.64. The molecular weight excluding hydrogens is 124 g/mol. The molecule has 0 amide bonds. The first-order chi connectivity index (χ1) is 4.86. The molecule has 1 rings (SSSR count). The van der Waals surface area contributed by atoms with Crippen LogP contribution in [0.15, 0.2) is 30.8 Å². The molecule has 0 aliphatic rings. The van der Waals surface area contributed by atoms with E-state index in [0.717, 1.165) is 11.3 Å². The van der Waals surface area contributed by atoms with Crippen LogP contribution in [0, 0.1) is 0 Å². The maximum absolute atomic E-state index is 5.19. The van der Waals surface area contributed by atoms with Crippen molar-refractivity contribution < 1.29 is 0 Å². The molecule has 0 radical (unpaired) electrons. The Morgan fingerprint density at radius 1 is 1.50 bits per heavy atom. The van der Waals surface area contributed by atoms with E-state index < -0.39 is 0 Å². The lowest BCUT2D eigenvalue weighted by atomic mass is 10.2. The Morgan fingerprint density at radius 2 is 2.30 bits per heavy atom. The van der Waals surface area contributed by atoms with Crippen molar-refractivity contribution in [2.45, 2.75) is 0 Å². The number of anilines is 1. The molecule has 0 aliphatic carbocycles. The van der Waals surface area contributed by atoms with Gasteiger partial charge in [-0.3, -0.25) is 5.84 Å². The number of rotatable bonds is 2. The zero-order valence-electron chi connectivity index (χ0n) is 5.67. The van der Waals surface area contributed by atoms with Crippen molar-refractivity contribution in [1.29, 1.82) is 0 Å². The van der Waals surface area contributed by atoms with Gasteiger partial charge in [-0.05, 0) is 17.7 Å². The first-order valence-corrected chi connectivity index (χ1v) is 3.06. The van der Waals surface area contributed by atoms with Crippen molar-refractivity contribution in [3.63, 3.8) is 0 Å². The molecule has 0 unspecified atom stereocenters. The van der Waals surface area contributed by atoms with Crippen LogP contribution in [0.1, 0.15) is 5.56 Å². The molecule has 0 bridgehead atoms. The maximum atomic E-state index is 5.19. The number of hydrogen-bond donors (Lipinski definition) is 2. The predicted octanol–water partition coefficient (Wildman–Crippen LogP) is 1.62. The molecule has 0 atom stereocenters. The van der Waals surface area contributed by atoms with E-state index in [9.17, 15) is 0 Å². The van der Waals surface area contributed by atoms with E-state index in [2.05, 4.69) is 12.0 Å². The summed E-state index contributed by atoms with van der Waals surface area (Å²) in [6.07, 6.45) is 1.78. The number of nitrogens with one attached hydrogen (secondary N) is 1. The molecular formula is C8H10N2. The molecule has 0 saturated heterocycles. The van der Waals surface area contributed by atoms with Crippen LogP contribution < -0.4 is 11.3 Å². The lowest BCUT2D eigenvalue weighted by Crippen LogP contribution is -2.06. The molecule has 3 N–H and O–H groups in total. The summed E-state index contributed by atoms with van der Waals surface area (Å²) >= 11 is 0. The fraction of sp³-hybridized carbons (Fsp3) is 0. The van der Waals surface area contributed by atoms with Crippen LogP contribution in [0.3, 0.4) is 0 Å². The molecule has 52 valence electrons. The summed E-state index contributed by atoms with van der Waals surface area (Å²) in [6, 6.07) is 7.71. The van der Waals surface area contributed by atoms with Crippen molar-refractivity contribution in [1.82, 2.24) is 0 Å². The monoisotopic (exact) mass is 134 g/mol. The van der Waals surface area contributed by atoms with Gasteiger partial charge in [0, 0.05) is 5.69 Å². The van der Waals surface area contributed by atoms with E-state index >= 15 is 0 Å². The maximum Gasteiger partial charge on any atom is 0.0491 e. The minimum absolute atomic E-state index is 0.900. The van der Waals surface area contributed by atoms with Gasteiger partial charge in [-0.15, -0.1) is 0 Å². The van der Waals surface area contributed by atoms with Gasteiger partial charge in [0.05, 0.1) is 0 Å². The first-order valence-electron chi connectivity index (χ1n) is 3.06. The quantitative estimate of drug-likeness (QED) is 0.476. The van der Waals surface area contributed by atoms with E-state index in [1.165, 1.54) is 0 Å². The minimum Gasteiger partial charge on any atom is -0.324 e. The lowest BCUT2D eigenvalue weighted by Gasteiger charge is -1.98. The van der Waals surface area contributed by atoms with E-state index in [1.807, 2.05) is 24.3 Å². The standard InChI is InChI=1S/C8H10N2/c1-2-7-4-3-5-8(6-7)10-9/h2-6,10H,1,9H2. The van der Waals surface area contributed by atoms with Gasteiger partial charge in [0.1, 0.15) is 0 Å². The van der Waals surface area contributed by atoms with E-state index in [-0.39, 0.29) is 0 Å². The fourth-order valence-corrected chi connectivity index (χ4v) is 0.755. The normalized spacial score (nSPS) is 8.90. The molecule has 0 aromatic heterocycles. The van der Waals surface area contributed by atoms with Crippen LogP contribution in [0.25, 0.3) is 6.08 Å². The molecule has 0 heterocycles. The van der Waals surface area contributed by atoms with Gasteiger partial charge < -0.3 is 5.43 Å². The molecule has 0 fully saturated rings. The largest absolute Gasteiger partial charge is 0.324 e. The van der Waals surface area contributed by atoms with Gasteiger partial charge in [0.15, 0.2) is 0 Å². The average Bonchev–Trinajstić information content (AvgIpc) is 2.05. The molecule has 2 nitrogen and oxygen atoms in total. The first kappa shape index (κ1) is 6.83. The van der Waals surface area contributed by atoms with Crippen molar-refractivity contribution in [3.05, 3.63) is 36.4 Å². The third-order valence-corrected chi connectivity index (χ3v) is 1.29. The van der Waals surface area contributed by atoms with Gasteiger partial charge in [-0.1, -0.05) is 24.8 Å². The highest BCUT2D eigenvalue weighted by Crippen LogP contribution is 2.09. The van der Waals surface area contributed by atoms with Crippen LogP contribution in [0.2, 0.25) is 0 Å². The average molecular weight is 134 g/mol. The van der Waals surface area contributed by atoms with Crippen LogP contribution >= 0.6 is 0 Å². The summed E-state index contributed by atoms with van der Waals surface area (Å²) < 4.78 is 0. The van der Waals surface area contributed by atoms with E-state index in [1.54, 1.807) is 6.08 Å². The Morgan fingerprint density at radius 3 is 2.90 bits per heavy atom. The van der Waals surface area contributed by atoms with Gasteiger partial charge in [-0.25, -0.2) is 0 Å². The Hall–Kier alpha value is -1.28. The van der Waals surface area contributed by atoms with E-state index in [0.29, 0.717) is 0 Å². The van der Waals surface area contributed by atoms with Gasteiger partial charge in [0.25, 0.3) is 0 Å². The molecule has 1 aromatic carbocycles. The highest BCUT2D eigenvalue weighted by Gasteiger charge is 1.87. The molecule has 0 saturated carbocycles. The summed E-state index contributed by atoms with van der Waals surface area (Å²) in [5.41, 5.74) is 4.52. The van der Waals surface area contributed by atoms with Gasteiger partial charge in [-0.2, -0.15) is 0 Å². The Bertz CT molecular complexity index is 230. The summed E-state index contributed by atoms with van der Waals surface area (Å²) in [4.78, 5) is 0. The Balaban J connectivity index is 2.98. The molecule has 0 spiro atoms. The second-order valence-corrected chi connectivity index (χ2v) is 1.97. The highest BCUT2D eigenvalue weighted by molar-refractivity contribution is 5.55. The van der Waals surface area contributed by atoms with Crippen LogP contribution in [-0.4, -0.2) is 0 Å². The van der Waals surface area contributed by atoms with Crippen LogP contribution in [-0.2, 0) is 0 Å². The van der Waals surface area contributed by atoms with Crippen molar-refractivity contribution in [2.75, 3.05) is 5.43 Å². The third-order valence-electron chi connectivity index (χ3n) is 1.29. The van der Waals surface area contributed by atoms with Crippen molar-refractivity contribution >= 4 is 11.8 Å². The Labute approximate surface area is 60.3 Å². The zero-order chi connectivity index (χ0) is 7.40. The summed E-state index contributed by atoms with van der Waals surface area (Å²) in [5, 5.41) is 0. The van der Waals surface area contributed by atoms with Gasteiger partial charge in [0.2, 0.25) is 0 Å². The second kappa shape index (κ2) is 3.03. The fourth-order valence-electron chi connectivity index (χ4n) is 0.755. The number of hydrazine groups is 1. The SMILES string of the molecule is C=Cc1cccc(NN)c1. The highest BCUT2D eigenvalue weighted by atomic mass is 15.2. The summed E-state index contributed by atoms with van der Waals surface area (Å²) in [7, 11) is 0. The topological polar surface area (TPSA) is 38.0 Å². The molecule has 1 aromatic rings. The Kier molecular flexibility index (Phi) is 2.07. The second-order valence-electron chi connectivity index (χ2n) is 1.97. The van der Waals surface area contributed by atoms with Crippen molar-refractivity contribution in [3.8, 4) is 0 Å². The number of nitrogen functional groups attached to an aromatic ring is 1. The van der Waals surface area contributed by atoms with Gasteiger partial charge >= 0.3 is 0 Å². The molecule has 10 heavy (non-hydrogen) atoms. The number of nitrogens with two attached hydrogens (primary N) is 1. The molecule has 0 aliphatic heterocycles. The smallest absolute Gasteiger partial charge is 0.0491 e. The third kappa shape index (κ3) is 1.36. The van der Waals surface area contributed by atoms with Crippen LogP contribution in [0.5, 0.6) is 0 Å². The van der Waals surface area contributed by atoms with Crippen LogP contribution in [0.4, 0.5) is 5.69 Å². The van der Waals surface area contributed by atoms with E-state index in [4.69, 9.17) is 5.84 Å². The summed E-state index contributed by atoms with van der Waals surface area (Å²) in [5.74, 6) is 5.19. The zero-order valence-corrected chi connectivity index (χ0v) is 5.67. The predicted molar refractivity (Wildman–Crippen MR) is 44.3 cm³/mol. The number of benzene rings is 1. The molecule has 2 heteroatoms. The number of hydrogen-bond acceptors (Lipinski definition) is 2. The van der Waals surface area contributed by atoms with Crippen molar-refractivity contribution in [2.24, 2.45) is 5.84 Å². The minimum atomic E-state index is 0.900. The lowest BCUT2D eigenvalue weighted by molar-refractivity contribution is 1.35.